The van der Waals surface area contributed by atoms with E-state index < -0.39 is 10.0 Å². The number of amides is 1. The summed E-state index contributed by atoms with van der Waals surface area (Å²) < 4.78 is 27.2. The highest BCUT2D eigenvalue weighted by atomic mass is 32.2. The van der Waals surface area contributed by atoms with Crippen LogP contribution in [0.5, 0.6) is 0 Å². The molecule has 26 heavy (non-hydrogen) atoms. The van der Waals surface area contributed by atoms with E-state index in [9.17, 15) is 13.2 Å². The summed E-state index contributed by atoms with van der Waals surface area (Å²) in [5.41, 5.74) is 2.06. The van der Waals surface area contributed by atoms with Crippen molar-refractivity contribution in [2.75, 3.05) is 32.7 Å². The van der Waals surface area contributed by atoms with E-state index in [4.69, 9.17) is 0 Å². The number of hydrogen-bond donors (Lipinski definition) is 1. The third-order valence-corrected chi connectivity index (χ3v) is 6.84. The summed E-state index contributed by atoms with van der Waals surface area (Å²) in [6.45, 7) is 10.3. The van der Waals surface area contributed by atoms with Gasteiger partial charge >= 0.3 is 0 Å². The fourth-order valence-electron chi connectivity index (χ4n) is 3.18. The largest absolute Gasteiger partial charge is 0.353 e. The van der Waals surface area contributed by atoms with Gasteiger partial charge in [0, 0.05) is 32.2 Å². The molecule has 0 unspecified atom stereocenters. The van der Waals surface area contributed by atoms with Crippen LogP contribution in [0, 0.1) is 13.8 Å². The van der Waals surface area contributed by atoms with Crippen LogP contribution in [0.3, 0.4) is 0 Å². The van der Waals surface area contributed by atoms with Crippen LogP contribution in [-0.4, -0.2) is 62.3 Å². The molecule has 0 radical (unpaired) electrons. The van der Waals surface area contributed by atoms with Crippen molar-refractivity contribution in [2.45, 2.75) is 51.5 Å². The Bertz CT molecular complexity index is 726. The van der Waals surface area contributed by atoms with Crippen molar-refractivity contribution in [3.63, 3.8) is 0 Å². The minimum absolute atomic E-state index is 0.0106. The molecule has 0 aliphatic carbocycles. The van der Waals surface area contributed by atoms with Gasteiger partial charge in [0.25, 0.3) is 0 Å². The zero-order valence-corrected chi connectivity index (χ0v) is 17.1. The van der Waals surface area contributed by atoms with Gasteiger partial charge in [0.2, 0.25) is 15.9 Å². The van der Waals surface area contributed by atoms with E-state index >= 15 is 0 Å². The maximum Gasteiger partial charge on any atom is 0.243 e. The van der Waals surface area contributed by atoms with E-state index in [1.807, 2.05) is 31.7 Å². The van der Waals surface area contributed by atoms with Crippen molar-refractivity contribution in [3.05, 3.63) is 29.3 Å². The first-order valence-electron chi connectivity index (χ1n) is 9.33. The molecule has 0 saturated carbocycles. The number of nitrogens with one attached hydrogen (secondary N) is 1. The lowest BCUT2D eigenvalue weighted by atomic mass is 10.1. The van der Waals surface area contributed by atoms with E-state index in [2.05, 4.69) is 12.2 Å². The molecule has 1 saturated heterocycles. The summed E-state index contributed by atoms with van der Waals surface area (Å²) >= 11 is 0. The number of hydrogen-bond acceptors (Lipinski definition) is 4. The first kappa shape index (κ1) is 20.9. The standard InChI is InChI=1S/C19H31N3O3S/c1-5-6-17(4)20-19(23)14-21-9-11-22(12-10-21)26(24,25)18-8-7-15(2)16(3)13-18/h7-8,13,17H,5-6,9-12,14H2,1-4H3,(H,20,23)/t17-/m1/s1. The second-order valence-corrected chi connectivity index (χ2v) is 9.12. The summed E-state index contributed by atoms with van der Waals surface area (Å²) in [5.74, 6) is 0.0106. The molecule has 1 heterocycles. The molecule has 1 aliphatic rings. The van der Waals surface area contributed by atoms with Crippen molar-refractivity contribution >= 4 is 15.9 Å². The van der Waals surface area contributed by atoms with Crippen LogP contribution in [-0.2, 0) is 14.8 Å². The van der Waals surface area contributed by atoms with Gasteiger partial charge in [0.05, 0.1) is 11.4 Å². The molecule has 1 atom stereocenters. The Morgan fingerprint density at radius 1 is 1.15 bits per heavy atom. The number of benzene rings is 1. The Morgan fingerprint density at radius 2 is 1.81 bits per heavy atom. The zero-order chi connectivity index (χ0) is 19.3. The fraction of sp³-hybridized carbons (Fsp3) is 0.632. The molecule has 1 amide bonds. The number of aryl methyl sites for hydroxylation is 2. The van der Waals surface area contributed by atoms with Gasteiger partial charge in [-0.15, -0.1) is 0 Å². The van der Waals surface area contributed by atoms with Crippen LogP contribution in [0.15, 0.2) is 23.1 Å². The molecule has 0 aromatic heterocycles. The summed E-state index contributed by atoms with van der Waals surface area (Å²) in [7, 11) is -3.47. The fourth-order valence-corrected chi connectivity index (χ4v) is 4.69. The number of nitrogens with zero attached hydrogens (tertiary/aromatic N) is 2. The maximum atomic E-state index is 12.8. The number of sulfonamides is 1. The van der Waals surface area contributed by atoms with Crippen molar-refractivity contribution in [1.82, 2.24) is 14.5 Å². The van der Waals surface area contributed by atoms with E-state index in [1.54, 1.807) is 12.1 Å². The van der Waals surface area contributed by atoms with Crippen LogP contribution in [0.25, 0.3) is 0 Å². The molecule has 1 N–H and O–H groups in total. The zero-order valence-electron chi connectivity index (χ0n) is 16.3. The highest BCUT2D eigenvalue weighted by molar-refractivity contribution is 7.89. The summed E-state index contributed by atoms with van der Waals surface area (Å²) in [6, 6.07) is 5.44. The van der Waals surface area contributed by atoms with Gasteiger partial charge < -0.3 is 5.32 Å². The first-order valence-corrected chi connectivity index (χ1v) is 10.8. The molecule has 7 heteroatoms. The average molecular weight is 382 g/mol. The lowest BCUT2D eigenvalue weighted by molar-refractivity contribution is -0.123. The molecule has 1 fully saturated rings. The summed E-state index contributed by atoms with van der Waals surface area (Å²) in [4.78, 5) is 14.4. The lowest BCUT2D eigenvalue weighted by Crippen LogP contribution is -2.51. The van der Waals surface area contributed by atoms with Gasteiger partial charge in [-0.05, 0) is 50.5 Å². The van der Waals surface area contributed by atoms with Crippen molar-refractivity contribution in [3.8, 4) is 0 Å². The Labute approximate surface area is 157 Å². The maximum absolute atomic E-state index is 12.8. The molecule has 1 aromatic rings. The van der Waals surface area contributed by atoms with Crippen molar-refractivity contribution in [2.24, 2.45) is 0 Å². The van der Waals surface area contributed by atoms with Crippen molar-refractivity contribution in [1.29, 1.82) is 0 Å². The van der Waals surface area contributed by atoms with E-state index in [0.29, 0.717) is 37.6 Å². The molecule has 1 aromatic carbocycles. The Kier molecular flexibility index (Phi) is 7.20. The van der Waals surface area contributed by atoms with Gasteiger partial charge in [-0.3, -0.25) is 9.69 Å². The quantitative estimate of drug-likeness (QED) is 0.783. The number of carbonyl (C=O) groups excluding carboxylic acids is 1. The minimum Gasteiger partial charge on any atom is -0.353 e. The molecule has 0 spiro atoms. The Morgan fingerprint density at radius 3 is 2.38 bits per heavy atom. The smallest absolute Gasteiger partial charge is 0.243 e. The summed E-state index contributed by atoms with van der Waals surface area (Å²) in [5, 5.41) is 2.99. The first-order chi connectivity index (χ1) is 12.2. The highest BCUT2D eigenvalue weighted by Gasteiger charge is 2.29. The SMILES string of the molecule is CCC[C@@H](C)NC(=O)CN1CCN(S(=O)(=O)c2ccc(C)c(C)c2)CC1. The van der Waals surface area contributed by atoms with E-state index in [-0.39, 0.29) is 11.9 Å². The van der Waals surface area contributed by atoms with Gasteiger partial charge in [-0.25, -0.2) is 8.42 Å². The van der Waals surface area contributed by atoms with Crippen LogP contribution >= 0.6 is 0 Å². The second-order valence-electron chi connectivity index (χ2n) is 7.18. The molecule has 0 bridgehead atoms. The lowest BCUT2D eigenvalue weighted by Gasteiger charge is -2.33. The molecule has 6 nitrogen and oxygen atoms in total. The van der Waals surface area contributed by atoms with Gasteiger partial charge in [0.15, 0.2) is 0 Å². The van der Waals surface area contributed by atoms with E-state index in [0.717, 1.165) is 24.0 Å². The molecular weight excluding hydrogens is 350 g/mol. The van der Waals surface area contributed by atoms with Crippen molar-refractivity contribution < 1.29 is 13.2 Å². The predicted octanol–water partition coefficient (Wildman–Crippen LogP) is 1.91. The third-order valence-electron chi connectivity index (χ3n) is 4.94. The van der Waals surface area contributed by atoms with E-state index in [1.165, 1.54) is 4.31 Å². The number of piperazine rings is 1. The monoisotopic (exact) mass is 381 g/mol. The second kappa shape index (κ2) is 8.97. The Hall–Kier alpha value is -1.44. The molecular formula is C19H31N3O3S. The highest BCUT2D eigenvalue weighted by Crippen LogP contribution is 2.20. The number of rotatable bonds is 7. The minimum atomic E-state index is -3.47. The van der Waals surface area contributed by atoms with Crippen LogP contribution in [0.1, 0.15) is 37.8 Å². The van der Waals surface area contributed by atoms with Crippen LogP contribution in [0.2, 0.25) is 0 Å². The molecule has 2 rings (SSSR count). The number of carbonyl (C=O) groups is 1. The summed E-state index contributed by atoms with van der Waals surface area (Å²) in [6.07, 6.45) is 2.00. The van der Waals surface area contributed by atoms with Crippen LogP contribution < -0.4 is 5.32 Å². The Balaban J connectivity index is 1.91. The van der Waals surface area contributed by atoms with Gasteiger partial charge in [-0.2, -0.15) is 4.31 Å². The van der Waals surface area contributed by atoms with Crippen LogP contribution in [0.4, 0.5) is 0 Å². The normalized spacial score (nSPS) is 17.8. The molecule has 146 valence electrons. The molecule has 1 aliphatic heterocycles. The predicted molar refractivity (Wildman–Crippen MR) is 104 cm³/mol. The average Bonchev–Trinajstić information content (AvgIpc) is 2.57. The third kappa shape index (κ3) is 5.28. The topological polar surface area (TPSA) is 69.7 Å². The van der Waals surface area contributed by atoms with Gasteiger partial charge in [0.1, 0.15) is 0 Å². The van der Waals surface area contributed by atoms with Gasteiger partial charge in [-0.1, -0.05) is 19.4 Å².